The summed E-state index contributed by atoms with van der Waals surface area (Å²) < 4.78 is 0. The summed E-state index contributed by atoms with van der Waals surface area (Å²) in [6.45, 7) is 4.00. The number of nitrogens with one attached hydrogen (secondary N) is 1. The van der Waals surface area contributed by atoms with Crippen molar-refractivity contribution in [3.63, 3.8) is 0 Å². The predicted octanol–water partition coefficient (Wildman–Crippen LogP) is 2.03. The normalized spacial score (nSPS) is 13.8. The average molecular weight is 111 g/mol. The van der Waals surface area contributed by atoms with Gasteiger partial charge in [-0.1, -0.05) is 26.0 Å². The number of rotatable bonds is 0. The summed E-state index contributed by atoms with van der Waals surface area (Å²) in [5.74, 6) is 0. The van der Waals surface area contributed by atoms with Gasteiger partial charge in [-0.15, -0.1) is 0 Å². The van der Waals surface area contributed by atoms with Crippen LogP contribution in [0.5, 0.6) is 0 Å². The van der Waals surface area contributed by atoms with E-state index in [9.17, 15) is 0 Å². The van der Waals surface area contributed by atoms with Crippen LogP contribution in [0.2, 0.25) is 0 Å². The van der Waals surface area contributed by atoms with Crippen molar-refractivity contribution in [2.75, 3.05) is 0 Å². The smallest absolute Gasteiger partial charge is 0.00326 e. The van der Waals surface area contributed by atoms with Crippen molar-refractivity contribution in [3.05, 3.63) is 24.6 Å². The summed E-state index contributed by atoms with van der Waals surface area (Å²) in [6, 6.07) is 0. The van der Waals surface area contributed by atoms with Crippen molar-refractivity contribution in [3.8, 4) is 0 Å². The molecule has 0 unspecified atom stereocenters. The van der Waals surface area contributed by atoms with Crippen LogP contribution in [0, 0.1) is 0 Å². The molecule has 0 radical (unpaired) electrons. The van der Waals surface area contributed by atoms with Gasteiger partial charge < -0.3 is 5.32 Å². The van der Waals surface area contributed by atoms with Crippen molar-refractivity contribution in [1.82, 2.24) is 5.32 Å². The first-order valence-electron chi connectivity index (χ1n) is 3.06. The Bertz CT molecular complexity index is 62.4. The van der Waals surface area contributed by atoms with E-state index in [2.05, 4.69) is 17.5 Å². The lowest BCUT2D eigenvalue weighted by atomic mass is 10.4. The van der Waals surface area contributed by atoms with Crippen molar-refractivity contribution < 1.29 is 0 Å². The second-order valence-corrected chi connectivity index (χ2v) is 1.21. The Balaban J connectivity index is 0.000000222. The highest BCUT2D eigenvalue weighted by molar-refractivity contribution is 4.98. The fourth-order valence-corrected chi connectivity index (χ4v) is 0.406. The Labute approximate surface area is 51.1 Å². The summed E-state index contributed by atoms with van der Waals surface area (Å²) in [4.78, 5) is 0. The third-order valence-corrected chi connectivity index (χ3v) is 0.700. The molecular weight excluding hydrogens is 98.1 g/mol. The van der Waals surface area contributed by atoms with Gasteiger partial charge in [-0.2, -0.15) is 0 Å². The van der Waals surface area contributed by atoms with Crippen LogP contribution in [0.1, 0.15) is 20.3 Å². The second kappa shape index (κ2) is 6.28. The quantitative estimate of drug-likeness (QED) is 0.504. The first kappa shape index (κ1) is 7.28. The second-order valence-electron chi connectivity index (χ2n) is 1.21. The van der Waals surface area contributed by atoms with Gasteiger partial charge in [-0.3, -0.25) is 0 Å². The molecule has 0 atom stereocenters. The monoisotopic (exact) mass is 111 g/mol. The van der Waals surface area contributed by atoms with E-state index in [4.69, 9.17) is 0 Å². The molecule has 1 aliphatic rings. The van der Waals surface area contributed by atoms with Gasteiger partial charge in [0.1, 0.15) is 0 Å². The fourth-order valence-electron chi connectivity index (χ4n) is 0.406. The largest absolute Gasteiger partial charge is 0.368 e. The Hall–Kier alpha value is -0.720. The maximum absolute atomic E-state index is 2.92. The minimum absolute atomic E-state index is 1.08. The lowest BCUT2D eigenvalue weighted by Gasteiger charge is -1.92. The molecule has 1 rings (SSSR count). The SMILES string of the molecule is C1=CNC=CC1.CC. The van der Waals surface area contributed by atoms with Gasteiger partial charge in [-0.25, -0.2) is 0 Å². The maximum atomic E-state index is 2.92. The highest BCUT2D eigenvalue weighted by atomic mass is 14.8. The molecule has 0 spiro atoms. The third kappa shape index (κ3) is 3.47. The van der Waals surface area contributed by atoms with E-state index in [1.807, 2.05) is 26.2 Å². The highest BCUT2D eigenvalue weighted by Gasteiger charge is 1.73. The summed E-state index contributed by atoms with van der Waals surface area (Å²) in [6.07, 6.45) is 9.08. The van der Waals surface area contributed by atoms with Crippen LogP contribution in [0.15, 0.2) is 24.6 Å². The van der Waals surface area contributed by atoms with E-state index in [1.165, 1.54) is 0 Å². The average Bonchev–Trinajstić information content (AvgIpc) is 1.96. The number of hydrogen-bond donors (Lipinski definition) is 1. The zero-order valence-electron chi connectivity index (χ0n) is 5.52. The summed E-state index contributed by atoms with van der Waals surface area (Å²) >= 11 is 0. The van der Waals surface area contributed by atoms with Crippen LogP contribution in [0.25, 0.3) is 0 Å². The van der Waals surface area contributed by atoms with Crippen molar-refractivity contribution in [2.24, 2.45) is 0 Å². The molecule has 0 saturated heterocycles. The van der Waals surface area contributed by atoms with Crippen molar-refractivity contribution >= 4 is 0 Å². The van der Waals surface area contributed by atoms with E-state index in [1.54, 1.807) is 0 Å². The van der Waals surface area contributed by atoms with Crippen LogP contribution in [0.3, 0.4) is 0 Å². The first-order valence-corrected chi connectivity index (χ1v) is 3.06. The lowest BCUT2D eigenvalue weighted by Crippen LogP contribution is -1.93. The summed E-state index contributed by atoms with van der Waals surface area (Å²) in [5.41, 5.74) is 0. The van der Waals surface area contributed by atoms with Crippen LogP contribution < -0.4 is 5.32 Å². The third-order valence-electron chi connectivity index (χ3n) is 0.700. The Morgan fingerprint density at radius 1 is 1.12 bits per heavy atom. The molecule has 46 valence electrons. The standard InChI is InChI=1S/C5H7N.C2H6/c1-2-4-6-5-3-1;1-2/h2-6H,1H2;1-2H3. The molecule has 0 aromatic heterocycles. The van der Waals surface area contributed by atoms with Gasteiger partial charge in [0, 0.05) is 0 Å². The molecule has 1 aliphatic heterocycles. The van der Waals surface area contributed by atoms with Crippen LogP contribution in [-0.4, -0.2) is 0 Å². The van der Waals surface area contributed by atoms with Crippen LogP contribution in [-0.2, 0) is 0 Å². The van der Waals surface area contributed by atoms with Crippen LogP contribution >= 0.6 is 0 Å². The maximum Gasteiger partial charge on any atom is -0.00326 e. The number of dihydropyridines is 1. The van der Waals surface area contributed by atoms with E-state index in [0.29, 0.717) is 0 Å². The van der Waals surface area contributed by atoms with E-state index in [0.717, 1.165) is 6.42 Å². The molecule has 0 aromatic rings. The molecule has 1 heteroatoms. The minimum atomic E-state index is 1.08. The zero-order valence-corrected chi connectivity index (χ0v) is 5.52. The molecule has 1 N–H and O–H groups in total. The van der Waals surface area contributed by atoms with E-state index >= 15 is 0 Å². The number of hydrogen-bond acceptors (Lipinski definition) is 1. The van der Waals surface area contributed by atoms with Gasteiger partial charge in [0.15, 0.2) is 0 Å². The molecule has 0 amide bonds. The summed E-state index contributed by atoms with van der Waals surface area (Å²) in [5, 5.41) is 2.92. The zero-order chi connectivity index (χ0) is 6.24. The Kier molecular flexibility index (Phi) is 5.71. The lowest BCUT2D eigenvalue weighted by molar-refractivity contribution is 1.11. The number of allylic oxidation sites excluding steroid dienone is 2. The van der Waals surface area contributed by atoms with Crippen molar-refractivity contribution in [1.29, 1.82) is 0 Å². The van der Waals surface area contributed by atoms with Gasteiger partial charge in [0.2, 0.25) is 0 Å². The highest BCUT2D eigenvalue weighted by Crippen LogP contribution is 1.86. The molecular formula is C7H13N. The predicted molar refractivity (Wildman–Crippen MR) is 37.4 cm³/mol. The summed E-state index contributed by atoms with van der Waals surface area (Å²) in [7, 11) is 0. The molecule has 0 aliphatic carbocycles. The molecule has 0 saturated carbocycles. The topological polar surface area (TPSA) is 12.0 Å². The van der Waals surface area contributed by atoms with Crippen molar-refractivity contribution in [2.45, 2.75) is 20.3 Å². The van der Waals surface area contributed by atoms with Gasteiger partial charge in [0.05, 0.1) is 0 Å². The Morgan fingerprint density at radius 2 is 1.62 bits per heavy atom. The molecule has 0 aromatic carbocycles. The molecule has 0 bridgehead atoms. The minimum Gasteiger partial charge on any atom is -0.368 e. The molecule has 8 heavy (non-hydrogen) atoms. The Morgan fingerprint density at radius 3 is 1.75 bits per heavy atom. The van der Waals surface area contributed by atoms with E-state index < -0.39 is 0 Å². The van der Waals surface area contributed by atoms with Gasteiger partial charge in [-0.05, 0) is 18.8 Å². The van der Waals surface area contributed by atoms with Crippen LogP contribution in [0.4, 0.5) is 0 Å². The van der Waals surface area contributed by atoms with Gasteiger partial charge in [0.25, 0.3) is 0 Å². The fraction of sp³-hybridized carbons (Fsp3) is 0.429. The van der Waals surface area contributed by atoms with Gasteiger partial charge >= 0.3 is 0 Å². The molecule has 0 fully saturated rings. The molecule has 1 nitrogen and oxygen atoms in total. The van der Waals surface area contributed by atoms with E-state index in [-0.39, 0.29) is 0 Å². The first-order chi connectivity index (χ1) is 4.00. The molecule has 1 heterocycles.